The number of ether oxygens (including phenoxy) is 1. The number of rotatable bonds is 13. The molecule has 0 aliphatic carbocycles. The molecular weight excluding hydrogens is 761 g/mol. The van der Waals surface area contributed by atoms with Crippen LogP contribution in [-0.2, 0) is 32.6 Å². The number of hydrogen-bond donors (Lipinski definition) is 0. The van der Waals surface area contributed by atoms with Gasteiger partial charge in [0.1, 0.15) is 10.1 Å². The maximum absolute atomic E-state index is 12.4. The second-order valence-corrected chi connectivity index (χ2v) is 15.3. The van der Waals surface area contributed by atoms with Crippen molar-refractivity contribution in [2.75, 3.05) is 4.90 Å². The molecule has 0 saturated heterocycles. The molecule has 6 aromatic carbocycles. The van der Waals surface area contributed by atoms with Gasteiger partial charge in [-0.25, -0.2) is 8.42 Å². The van der Waals surface area contributed by atoms with Crippen LogP contribution in [0.4, 0.5) is 5.69 Å². The molecule has 1 aliphatic heterocycles. The molecule has 2 heterocycles. The first-order valence-electron chi connectivity index (χ1n) is 18.1. The Morgan fingerprint density at radius 3 is 2.14 bits per heavy atom. The maximum atomic E-state index is 12.4. The van der Waals surface area contributed by atoms with Gasteiger partial charge >= 0.3 is 5.89 Å². The maximum Gasteiger partial charge on any atom is 0.374 e. The molecule has 0 saturated carbocycles. The summed E-state index contributed by atoms with van der Waals surface area (Å²) in [6.07, 6.45) is 4.44. The lowest BCUT2D eigenvalue weighted by Gasteiger charge is -2.22. The molecule has 1 aromatic heterocycles. The van der Waals surface area contributed by atoms with Crippen molar-refractivity contribution in [3.8, 4) is 28.0 Å². The van der Waals surface area contributed by atoms with Gasteiger partial charge in [-0.3, -0.25) is 5.04 Å². The SMILES string of the molecule is CCC(=Cc1oc2ccc(-c3ccccc3)cc2[n+]1Cc1ccccc1SOO[O-])C=C1Oc2ccc(-c3ccccc3)cc2N1Cc1ccccc1S(=O)(=O)[O-]. The van der Waals surface area contributed by atoms with Crippen LogP contribution in [0.5, 0.6) is 5.75 Å². The Bertz CT molecular complexity index is 2730. The highest BCUT2D eigenvalue weighted by Gasteiger charge is 2.29. The Kier molecular flexibility index (Phi) is 11.1. The van der Waals surface area contributed by atoms with E-state index in [0.717, 1.165) is 56.6 Å². The highest BCUT2D eigenvalue weighted by Crippen LogP contribution is 2.43. The van der Waals surface area contributed by atoms with E-state index in [1.807, 2.05) is 127 Å². The molecule has 0 bridgehead atoms. The zero-order valence-corrected chi connectivity index (χ0v) is 32.2. The van der Waals surface area contributed by atoms with Crippen molar-refractivity contribution in [1.82, 2.24) is 0 Å². The lowest BCUT2D eigenvalue weighted by molar-refractivity contribution is -0.777. The smallest absolute Gasteiger partial charge is 0.374 e. The minimum Gasteiger partial charge on any atom is -0.744 e. The van der Waals surface area contributed by atoms with Crippen LogP contribution in [-0.4, -0.2) is 13.0 Å². The molecule has 0 amide bonds. The van der Waals surface area contributed by atoms with Gasteiger partial charge in [0, 0.05) is 22.6 Å². The van der Waals surface area contributed by atoms with Gasteiger partial charge in [-0.15, -0.1) is 0 Å². The van der Waals surface area contributed by atoms with Crippen LogP contribution in [0, 0.1) is 0 Å². The first-order valence-corrected chi connectivity index (χ1v) is 20.3. The number of allylic oxidation sites excluding steroid dienone is 2. The zero-order valence-electron chi connectivity index (χ0n) is 30.6. The molecule has 10 nitrogen and oxygen atoms in total. The Hall–Kier alpha value is -5.99. The second kappa shape index (κ2) is 16.6. The summed E-state index contributed by atoms with van der Waals surface area (Å²) in [5.74, 6) is 1.59. The molecule has 286 valence electrons. The molecule has 0 radical (unpaired) electrons. The summed E-state index contributed by atoms with van der Waals surface area (Å²) in [6, 6.07) is 45.7. The number of hydrogen-bond acceptors (Lipinski definition) is 10. The third-order valence-electron chi connectivity index (χ3n) is 9.72. The number of anilines is 1. The predicted molar refractivity (Wildman–Crippen MR) is 215 cm³/mol. The van der Waals surface area contributed by atoms with Crippen LogP contribution >= 0.6 is 12.0 Å². The number of fused-ring (bicyclic) bond motifs is 2. The summed E-state index contributed by atoms with van der Waals surface area (Å²) in [5.41, 5.74) is 8.32. The lowest BCUT2D eigenvalue weighted by atomic mass is 10.0. The molecule has 0 atom stereocenters. The van der Waals surface area contributed by atoms with Crippen molar-refractivity contribution >= 4 is 45.0 Å². The van der Waals surface area contributed by atoms with E-state index in [4.69, 9.17) is 13.5 Å². The highest BCUT2D eigenvalue weighted by molar-refractivity contribution is 7.94. The molecule has 0 N–H and O–H groups in total. The highest BCUT2D eigenvalue weighted by atomic mass is 32.2. The predicted octanol–water partition coefficient (Wildman–Crippen LogP) is 8.97. The standard InChI is InChI=1S/C45H36N2O8S2/c1-2-31(25-44-46(29-36-17-9-11-19-42(36)56-55-54-48)38-27-34(21-23-40(38)52-44)32-13-5-3-6-14-32)26-45-47(30-37-18-10-12-20-43(37)57(49,50)51)39-28-35(22-24-41(39)53-45)33-15-7-4-8-16-33/h3-28H,2,29-30H2,1H3,(H-,48,49,50,51)/p-1. The summed E-state index contributed by atoms with van der Waals surface area (Å²) >= 11 is 0.834. The zero-order chi connectivity index (χ0) is 39.4. The molecule has 57 heavy (non-hydrogen) atoms. The molecule has 1 aliphatic rings. The van der Waals surface area contributed by atoms with Crippen molar-refractivity contribution in [1.29, 1.82) is 0 Å². The average Bonchev–Trinajstić information content (AvgIpc) is 3.75. The summed E-state index contributed by atoms with van der Waals surface area (Å²) in [7, 11) is -4.76. The topological polar surface area (TPSA) is 128 Å². The van der Waals surface area contributed by atoms with Gasteiger partial charge in [-0.05, 0) is 70.1 Å². The van der Waals surface area contributed by atoms with Gasteiger partial charge in [0.05, 0.1) is 35.2 Å². The second-order valence-electron chi connectivity index (χ2n) is 13.3. The van der Waals surface area contributed by atoms with Gasteiger partial charge in [-0.2, -0.15) is 8.90 Å². The Labute approximate surface area is 334 Å². The van der Waals surface area contributed by atoms with Crippen molar-refractivity contribution in [2.45, 2.75) is 36.2 Å². The summed E-state index contributed by atoms with van der Waals surface area (Å²) in [5, 5.41) is 14.4. The van der Waals surface area contributed by atoms with E-state index in [1.165, 1.54) is 12.1 Å². The van der Waals surface area contributed by atoms with Gasteiger partial charge in [0.2, 0.25) is 11.5 Å². The fraction of sp³-hybridized carbons (Fsp3) is 0.0889. The first kappa shape index (κ1) is 37.9. The minimum absolute atomic E-state index is 0.0577. The van der Waals surface area contributed by atoms with Crippen molar-refractivity contribution in [3.63, 3.8) is 0 Å². The Morgan fingerprint density at radius 2 is 1.44 bits per heavy atom. The fourth-order valence-corrected chi connectivity index (χ4v) is 8.09. The van der Waals surface area contributed by atoms with E-state index in [1.54, 1.807) is 12.1 Å². The lowest BCUT2D eigenvalue weighted by Crippen LogP contribution is -2.36. The molecular formula is C45H35N2O8S2-. The molecule has 0 fully saturated rings. The van der Waals surface area contributed by atoms with E-state index >= 15 is 0 Å². The van der Waals surface area contributed by atoms with Gasteiger partial charge in [-0.1, -0.05) is 116 Å². The molecule has 0 spiro atoms. The van der Waals surface area contributed by atoms with Crippen LogP contribution in [0.3, 0.4) is 0 Å². The van der Waals surface area contributed by atoms with Crippen LogP contribution in [0.1, 0.15) is 30.4 Å². The van der Waals surface area contributed by atoms with E-state index in [0.29, 0.717) is 46.5 Å². The number of benzene rings is 6. The summed E-state index contributed by atoms with van der Waals surface area (Å²) in [4.78, 5) is 2.30. The van der Waals surface area contributed by atoms with Crippen molar-refractivity contribution < 1.29 is 41.3 Å². The minimum atomic E-state index is -4.76. The van der Waals surface area contributed by atoms with E-state index in [-0.39, 0.29) is 11.4 Å². The molecule has 8 rings (SSSR count). The summed E-state index contributed by atoms with van der Waals surface area (Å²) in [6.45, 7) is 2.45. The Balaban J connectivity index is 1.25. The van der Waals surface area contributed by atoms with Crippen LogP contribution < -0.4 is 19.5 Å². The molecule has 12 heteroatoms. The molecule has 0 unspecified atom stereocenters. The van der Waals surface area contributed by atoms with E-state index in [9.17, 15) is 18.2 Å². The number of oxazole rings is 1. The first-order chi connectivity index (χ1) is 27.8. The van der Waals surface area contributed by atoms with Crippen LogP contribution in [0.2, 0.25) is 0 Å². The average molecular weight is 796 g/mol. The van der Waals surface area contributed by atoms with Gasteiger partial charge < -0.3 is 23.9 Å². The van der Waals surface area contributed by atoms with Crippen molar-refractivity contribution in [3.05, 3.63) is 180 Å². The Morgan fingerprint density at radius 1 is 0.789 bits per heavy atom. The van der Waals surface area contributed by atoms with Gasteiger partial charge in [0.25, 0.3) is 5.52 Å². The van der Waals surface area contributed by atoms with E-state index < -0.39 is 10.1 Å². The number of nitrogens with zero attached hydrogens (tertiary/aromatic N) is 2. The largest absolute Gasteiger partial charge is 0.744 e. The van der Waals surface area contributed by atoms with Crippen molar-refractivity contribution in [2.24, 2.45) is 0 Å². The normalized spacial score (nSPS) is 13.6. The molecule has 7 aromatic rings. The van der Waals surface area contributed by atoms with Crippen LogP contribution in [0.15, 0.2) is 177 Å². The summed E-state index contributed by atoms with van der Waals surface area (Å²) < 4.78 is 56.9. The third kappa shape index (κ3) is 8.28. The quantitative estimate of drug-likeness (QED) is 0.0367. The third-order valence-corrected chi connectivity index (χ3v) is 11.4. The number of aromatic nitrogens is 1. The van der Waals surface area contributed by atoms with Crippen LogP contribution in [0.25, 0.3) is 39.4 Å². The monoisotopic (exact) mass is 795 g/mol. The van der Waals surface area contributed by atoms with E-state index in [2.05, 4.69) is 27.8 Å². The fourth-order valence-electron chi connectivity index (χ4n) is 6.91. The van der Waals surface area contributed by atoms with Gasteiger partial charge in [0.15, 0.2) is 12.3 Å².